The number of hydrogen-bond acceptors (Lipinski definition) is 4. The van der Waals surface area contributed by atoms with Crippen LogP contribution in [0, 0.1) is 13.8 Å². The zero-order chi connectivity index (χ0) is 21.2. The summed E-state index contributed by atoms with van der Waals surface area (Å²) in [6.45, 7) is 10.4. The number of aryl methyl sites for hydroxylation is 2. The van der Waals surface area contributed by atoms with Crippen LogP contribution in [-0.2, 0) is 4.79 Å². The van der Waals surface area contributed by atoms with Crippen molar-refractivity contribution in [3.63, 3.8) is 0 Å². The Bertz CT molecular complexity index is 806. The molecule has 0 spiro atoms. The SMILES string of the molecule is CCCN(CCC)c1ccc(/C=N\NC(=O)COc2c(C)cc(C)cc2Br)cc1. The number of halogens is 1. The number of hydrazone groups is 1. The molecule has 0 aliphatic heterocycles. The fourth-order valence-electron chi connectivity index (χ4n) is 3.12. The molecule has 0 aliphatic rings. The first-order valence-electron chi connectivity index (χ1n) is 10.0. The molecule has 0 bridgehead atoms. The molecule has 2 rings (SSSR count). The van der Waals surface area contributed by atoms with Crippen LogP contribution in [0.5, 0.6) is 5.75 Å². The van der Waals surface area contributed by atoms with Crippen molar-refractivity contribution in [2.75, 3.05) is 24.6 Å². The van der Waals surface area contributed by atoms with Gasteiger partial charge in [0.2, 0.25) is 0 Å². The molecule has 6 heteroatoms. The number of ether oxygens (including phenoxy) is 1. The number of nitrogens with zero attached hydrogens (tertiary/aromatic N) is 2. The maximum atomic E-state index is 12.0. The summed E-state index contributed by atoms with van der Waals surface area (Å²) < 4.78 is 6.48. The van der Waals surface area contributed by atoms with Gasteiger partial charge >= 0.3 is 0 Å². The molecule has 29 heavy (non-hydrogen) atoms. The van der Waals surface area contributed by atoms with Gasteiger partial charge in [0.15, 0.2) is 6.61 Å². The third-order valence-corrected chi connectivity index (χ3v) is 4.96. The van der Waals surface area contributed by atoms with Gasteiger partial charge in [-0.1, -0.05) is 32.0 Å². The maximum Gasteiger partial charge on any atom is 0.277 e. The zero-order valence-corrected chi connectivity index (χ0v) is 19.3. The average Bonchev–Trinajstić information content (AvgIpc) is 2.67. The van der Waals surface area contributed by atoms with Gasteiger partial charge in [-0.2, -0.15) is 5.10 Å². The third kappa shape index (κ3) is 7.20. The summed E-state index contributed by atoms with van der Waals surface area (Å²) in [6, 6.07) is 12.2. The van der Waals surface area contributed by atoms with Crippen molar-refractivity contribution in [1.29, 1.82) is 0 Å². The van der Waals surface area contributed by atoms with E-state index < -0.39 is 0 Å². The molecule has 0 radical (unpaired) electrons. The van der Waals surface area contributed by atoms with Crippen LogP contribution in [0.25, 0.3) is 0 Å². The van der Waals surface area contributed by atoms with E-state index in [9.17, 15) is 4.79 Å². The van der Waals surface area contributed by atoms with E-state index in [0.29, 0.717) is 5.75 Å². The van der Waals surface area contributed by atoms with E-state index in [4.69, 9.17) is 4.74 Å². The highest BCUT2D eigenvalue weighted by molar-refractivity contribution is 9.10. The lowest BCUT2D eigenvalue weighted by Gasteiger charge is -2.23. The molecule has 0 unspecified atom stereocenters. The first-order chi connectivity index (χ1) is 13.9. The molecular formula is C23H30BrN3O2. The highest BCUT2D eigenvalue weighted by atomic mass is 79.9. The van der Waals surface area contributed by atoms with Gasteiger partial charge in [0.05, 0.1) is 10.7 Å². The van der Waals surface area contributed by atoms with Gasteiger partial charge < -0.3 is 9.64 Å². The standard InChI is InChI=1S/C23H30BrN3O2/c1-5-11-27(12-6-2)20-9-7-19(8-10-20)15-25-26-22(28)16-29-23-18(4)13-17(3)14-21(23)24/h7-10,13-15H,5-6,11-12,16H2,1-4H3,(H,26,28)/b25-15-. The number of rotatable bonds is 10. The Balaban J connectivity index is 1.87. The van der Waals surface area contributed by atoms with Gasteiger partial charge in [-0.05, 0) is 77.5 Å². The number of nitrogens with one attached hydrogen (secondary N) is 1. The molecule has 0 fully saturated rings. The van der Waals surface area contributed by atoms with Crippen molar-refractivity contribution in [2.24, 2.45) is 5.10 Å². The summed E-state index contributed by atoms with van der Waals surface area (Å²) in [7, 11) is 0. The third-order valence-electron chi connectivity index (χ3n) is 4.37. The number of amides is 1. The zero-order valence-electron chi connectivity index (χ0n) is 17.7. The number of anilines is 1. The molecule has 0 atom stereocenters. The minimum atomic E-state index is -0.304. The average molecular weight is 460 g/mol. The van der Waals surface area contributed by atoms with E-state index in [1.165, 1.54) is 5.69 Å². The van der Waals surface area contributed by atoms with Crippen LogP contribution >= 0.6 is 15.9 Å². The summed E-state index contributed by atoms with van der Waals surface area (Å²) in [6.07, 6.45) is 3.88. The Hall–Kier alpha value is -2.34. The predicted molar refractivity (Wildman–Crippen MR) is 124 cm³/mol. The van der Waals surface area contributed by atoms with Crippen LogP contribution in [-0.4, -0.2) is 31.8 Å². The van der Waals surface area contributed by atoms with Gasteiger partial charge in [-0.25, -0.2) is 5.43 Å². The van der Waals surface area contributed by atoms with Crippen LogP contribution in [0.4, 0.5) is 5.69 Å². The van der Waals surface area contributed by atoms with Crippen molar-refractivity contribution in [2.45, 2.75) is 40.5 Å². The summed E-state index contributed by atoms with van der Waals surface area (Å²) >= 11 is 3.48. The fraction of sp³-hybridized carbons (Fsp3) is 0.391. The Labute approximate surface area is 182 Å². The van der Waals surface area contributed by atoms with Crippen LogP contribution in [0.3, 0.4) is 0 Å². The van der Waals surface area contributed by atoms with Crippen molar-refractivity contribution in [3.05, 3.63) is 57.6 Å². The maximum absolute atomic E-state index is 12.0. The molecule has 5 nitrogen and oxygen atoms in total. The summed E-state index contributed by atoms with van der Waals surface area (Å²) in [5.41, 5.74) is 6.76. The second-order valence-electron chi connectivity index (χ2n) is 7.05. The van der Waals surface area contributed by atoms with Crippen LogP contribution < -0.4 is 15.1 Å². The van der Waals surface area contributed by atoms with E-state index >= 15 is 0 Å². The summed E-state index contributed by atoms with van der Waals surface area (Å²) in [4.78, 5) is 14.4. The summed E-state index contributed by atoms with van der Waals surface area (Å²) in [5, 5.41) is 4.03. The number of benzene rings is 2. The van der Waals surface area contributed by atoms with E-state index in [2.05, 4.69) is 57.3 Å². The predicted octanol–water partition coefficient (Wildman–Crippen LogP) is 5.22. The van der Waals surface area contributed by atoms with E-state index in [-0.39, 0.29) is 12.5 Å². The van der Waals surface area contributed by atoms with Crippen LogP contribution in [0.1, 0.15) is 43.4 Å². The van der Waals surface area contributed by atoms with Gasteiger partial charge in [-0.15, -0.1) is 0 Å². The number of carbonyl (C=O) groups is 1. The molecule has 0 heterocycles. The lowest BCUT2D eigenvalue weighted by Crippen LogP contribution is -2.25. The van der Waals surface area contributed by atoms with Gasteiger partial charge in [0.25, 0.3) is 5.91 Å². The molecule has 0 aliphatic carbocycles. The number of carbonyl (C=O) groups excluding carboxylic acids is 1. The Kier molecular flexibility index (Phi) is 9.19. The highest BCUT2D eigenvalue weighted by Crippen LogP contribution is 2.30. The van der Waals surface area contributed by atoms with Crippen molar-refractivity contribution >= 4 is 33.7 Å². The highest BCUT2D eigenvalue weighted by Gasteiger charge is 2.09. The van der Waals surface area contributed by atoms with Crippen molar-refractivity contribution < 1.29 is 9.53 Å². The second kappa shape index (κ2) is 11.6. The van der Waals surface area contributed by atoms with E-state index in [0.717, 1.165) is 47.1 Å². The lowest BCUT2D eigenvalue weighted by molar-refractivity contribution is -0.123. The smallest absolute Gasteiger partial charge is 0.277 e. The molecule has 0 aromatic heterocycles. The van der Waals surface area contributed by atoms with Crippen molar-refractivity contribution in [3.8, 4) is 5.75 Å². The minimum absolute atomic E-state index is 0.0955. The molecular weight excluding hydrogens is 430 g/mol. The minimum Gasteiger partial charge on any atom is -0.482 e. The first kappa shape index (κ1) is 22.9. The Morgan fingerprint density at radius 3 is 2.38 bits per heavy atom. The molecule has 156 valence electrons. The molecule has 0 saturated heterocycles. The van der Waals surface area contributed by atoms with Gasteiger partial charge in [0.1, 0.15) is 5.75 Å². The molecule has 2 aromatic carbocycles. The Morgan fingerprint density at radius 1 is 1.14 bits per heavy atom. The number of hydrogen-bond donors (Lipinski definition) is 1. The summed E-state index contributed by atoms with van der Waals surface area (Å²) in [5.74, 6) is 0.371. The second-order valence-corrected chi connectivity index (χ2v) is 7.91. The van der Waals surface area contributed by atoms with E-state index in [1.54, 1.807) is 6.21 Å². The van der Waals surface area contributed by atoms with Crippen LogP contribution in [0.15, 0.2) is 46.0 Å². The quantitative estimate of drug-likeness (QED) is 0.391. The van der Waals surface area contributed by atoms with Crippen molar-refractivity contribution in [1.82, 2.24) is 5.43 Å². The molecule has 1 amide bonds. The van der Waals surface area contributed by atoms with Gasteiger partial charge in [0, 0.05) is 18.8 Å². The fourth-order valence-corrected chi connectivity index (χ4v) is 3.90. The molecule has 0 saturated carbocycles. The largest absolute Gasteiger partial charge is 0.482 e. The van der Waals surface area contributed by atoms with E-state index in [1.807, 2.05) is 38.1 Å². The Morgan fingerprint density at radius 2 is 1.79 bits per heavy atom. The normalized spacial score (nSPS) is 10.9. The first-order valence-corrected chi connectivity index (χ1v) is 10.8. The monoisotopic (exact) mass is 459 g/mol. The van der Waals surface area contributed by atoms with Gasteiger partial charge in [-0.3, -0.25) is 4.79 Å². The van der Waals surface area contributed by atoms with Crippen LogP contribution in [0.2, 0.25) is 0 Å². The molecule has 2 aromatic rings. The lowest BCUT2D eigenvalue weighted by atomic mass is 10.1. The topological polar surface area (TPSA) is 53.9 Å². The molecule has 1 N–H and O–H groups in total.